The molecule has 134 valence electrons. The zero-order valence-corrected chi connectivity index (χ0v) is 14.2. The summed E-state index contributed by atoms with van der Waals surface area (Å²) in [5.74, 6) is -2.27. The number of nitrogens with zero attached hydrogens (tertiary/aromatic N) is 3. The Labute approximate surface area is 148 Å². The second-order valence-electron chi connectivity index (χ2n) is 5.75. The maximum Gasteiger partial charge on any atom is 0.261 e. The average Bonchev–Trinajstić information content (AvgIpc) is 2.65. The zero-order chi connectivity index (χ0) is 18.7. The first-order valence-corrected chi connectivity index (χ1v) is 8.21. The van der Waals surface area contributed by atoms with Crippen molar-refractivity contribution in [1.29, 1.82) is 0 Å². The molecular weight excluding hydrogens is 340 g/mol. The van der Waals surface area contributed by atoms with Crippen LogP contribution < -0.4 is 10.5 Å². The molecule has 0 aliphatic carbocycles. The van der Waals surface area contributed by atoms with E-state index in [0.717, 1.165) is 12.1 Å². The van der Waals surface area contributed by atoms with Crippen LogP contribution in [0.15, 0.2) is 53.6 Å². The smallest absolute Gasteiger partial charge is 0.261 e. The van der Waals surface area contributed by atoms with E-state index in [1.807, 2.05) is 0 Å². The van der Waals surface area contributed by atoms with Crippen molar-refractivity contribution in [1.82, 2.24) is 9.55 Å². The van der Waals surface area contributed by atoms with Gasteiger partial charge in [0.25, 0.3) is 5.56 Å². The molecule has 1 heterocycles. The predicted molar refractivity (Wildman–Crippen MR) is 95.0 cm³/mol. The number of para-hydroxylation sites is 1. The van der Waals surface area contributed by atoms with E-state index in [1.165, 1.54) is 21.9 Å². The van der Waals surface area contributed by atoms with Crippen molar-refractivity contribution in [2.45, 2.75) is 19.9 Å². The van der Waals surface area contributed by atoms with Crippen LogP contribution in [0.5, 0.6) is 0 Å². The average molecular weight is 357 g/mol. The van der Waals surface area contributed by atoms with Gasteiger partial charge in [-0.1, -0.05) is 12.1 Å². The first-order chi connectivity index (χ1) is 12.5. The van der Waals surface area contributed by atoms with Crippen molar-refractivity contribution < 1.29 is 13.6 Å². The van der Waals surface area contributed by atoms with Gasteiger partial charge in [0.2, 0.25) is 5.91 Å². The van der Waals surface area contributed by atoms with Crippen molar-refractivity contribution in [3.8, 4) is 0 Å². The van der Waals surface area contributed by atoms with Gasteiger partial charge in [-0.05, 0) is 31.2 Å². The van der Waals surface area contributed by atoms with Crippen LogP contribution in [0.2, 0.25) is 0 Å². The van der Waals surface area contributed by atoms with Crippen LogP contribution in [0.1, 0.15) is 13.3 Å². The van der Waals surface area contributed by atoms with Crippen LogP contribution in [0.4, 0.5) is 14.5 Å². The van der Waals surface area contributed by atoms with Gasteiger partial charge in [-0.2, -0.15) is 0 Å². The molecule has 0 unspecified atom stereocenters. The van der Waals surface area contributed by atoms with Crippen LogP contribution in [-0.2, 0) is 11.3 Å². The molecule has 0 N–H and O–H groups in total. The van der Waals surface area contributed by atoms with E-state index in [0.29, 0.717) is 17.4 Å². The van der Waals surface area contributed by atoms with E-state index in [2.05, 4.69) is 4.98 Å². The van der Waals surface area contributed by atoms with Gasteiger partial charge in [0.1, 0.15) is 0 Å². The molecule has 0 fully saturated rings. The van der Waals surface area contributed by atoms with Gasteiger partial charge < -0.3 is 4.90 Å². The van der Waals surface area contributed by atoms with Crippen molar-refractivity contribution in [2.24, 2.45) is 0 Å². The number of rotatable bonds is 5. The van der Waals surface area contributed by atoms with E-state index >= 15 is 0 Å². The molecule has 0 aliphatic rings. The molecule has 3 rings (SSSR count). The minimum atomic E-state index is -1.01. The SMILES string of the molecule is CCN(C(=O)CCn1cnc2ccccc2c1=O)c1ccc(F)c(F)c1. The molecule has 1 aromatic heterocycles. The molecule has 2 aromatic carbocycles. The number of benzene rings is 2. The topological polar surface area (TPSA) is 55.2 Å². The van der Waals surface area contributed by atoms with Crippen LogP contribution in [0.25, 0.3) is 10.9 Å². The Morgan fingerprint density at radius 2 is 1.92 bits per heavy atom. The highest BCUT2D eigenvalue weighted by molar-refractivity contribution is 5.93. The first-order valence-electron chi connectivity index (χ1n) is 8.21. The predicted octanol–water partition coefficient (Wildman–Crippen LogP) is 3.12. The highest BCUT2D eigenvalue weighted by Gasteiger charge is 2.16. The molecule has 3 aromatic rings. The van der Waals surface area contributed by atoms with E-state index in [-0.39, 0.29) is 30.1 Å². The fourth-order valence-electron chi connectivity index (χ4n) is 2.77. The lowest BCUT2D eigenvalue weighted by atomic mass is 10.2. The molecule has 0 saturated carbocycles. The number of aryl methyl sites for hydroxylation is 1. The Bertz CT molecular complexity index is 1020. The molecule has 0 saturated heterocycles. The Morgan fingerprint density at radius 3 is 2.65 bits per heavy atom. The van der Waals surface area contributed by atoms with Gasteiger partial charge in [-0.15, -0.1) is 0 Å². The normalized spacial score (nSPS) is 10.9. The van der Waals surface area contributed by atoms with Gasteiger partial charge in [-0.3, -0.25) is 14.2 Å². The summed E-state index contributed by atoms with van der Waals surface area (Å²) in [7, 11) is 0. The van der Waals surface area contributed by atoms with Crippen LogP contribution in [0.3, 0.4) is 0 Å². The monoisotopic (exact) mass is 357 g/mol. The van der Waals surface area contributed by atoms with Crippen LogP contribution >= 0.6 is 0 Å². The summed E-state index contributed by atoms with van der Waals surface area (Å²) in [5.41, 5.74) is 0.650. The molecule has 7 heteroatoms. The summed E-state index contributed by atoms with van der Waals surface area (Å²) in [6.45, 7) is 2.19. The van der Waals surface area contributed by atoms with Crippen molar-refractivity contribution in [3.05, 3.63) is 70.8 Å². The van der Waals surface area contributed by atoms with Gasteiger partial charge in [0.15, 0.2) is 11.6 Å². The van der Waals surface area contributed by atoms with E-state index in [4.69, 9.17) is 0 Å². The largest absolute Gasteiger partial charge is 0.313 e. The molecule has 1 amide bonds. The Kier molecular flexibility index (Phi) is 5.06. The van der Waals surface area contributed by atoms with E-state index in [1.54, 1.807) is 31.2 Å². The summed E-state index contributed by atoms with van der Waals surface area (Å²) in [4.78, 5) is 30.5. The van der Waals surface area contributed by atoms with Crippen molar-refractivity contribution in [2.75, 3.05) is 11.4 Å². The van der Waals surface area contributed by atoms with Crippen molar-refractivity contribution in [3.63, 3.8) is 0 Å². The summed E-state index contributed by atoms with van der Waals surface area (Å²) >= 11 is 0. The maximum absolute atomic E-state index is 13.4. The number of amides is 1. The molecule has 0 radical (unpaired) electrons. The number of hydrogen-bond donors (Lipinski definition) is 0. The summed E-state index contributed by atoms with van der Waals surface area (Å²) in [6, 6.07) is 10.3. The molecular formula is C19H17F2N3O2. The van der Waals surface area contributed by atoms with E-state index < -0.39 is 11.6 Å². The molecule has 0 atom stereocenters. The number of halogens is 2. The highest BCUT2D eigenvalue weighted by Crippen LogP contribution is 2.19. The standard InChI is InChI=1S/C19H17F2N3O2/c1-2-24(13-7-8-15(20)16(21)11-13)18(25)9-10-23-12-22-17-6-4-3-5-14(17)19(23)26/h3-8,11-12H,2,9-10H2,1H3. The van der Waals surface area contributed by atoms with Crippen LogP contribution in [-0.4, -0.2) is 22.0 Å². The number of aromatic nitrogens is 2. The molecule has 0 spiro atoms. The molecule has 26 heavy (non-hydrogen) atoms. The van der Waals surface area contributed by atoms with Crippen molar-refractivity contribution >= 4 is 22.5 Å². The van der Waals surface area contributed by atoms with Gasteiger partial charge in [0.05, 0.1) is 17.2 Å². The third-order valence-electron chi connectivity index (χ3n) is 4.13. The Balaban J connectivity index is 1.78. The van der Waals surface area contributed by atoms with Gasteiger partial charge >= 0.3 is 0 Å². The molecule has 5 nitrogen and oxygen atoms in total. The quantitative estimate of drug-likeness (QED) is 0.705. The van der Waals surface area contributed by atoms with E-state index in [9.17, 15) is 18.4 Å². The molecule has 0 aliphatic heterocycles. The lowest BCUT2D eigenvalue weighted by Crippen LogP contribution is -2.32. The number of fused-ring (bicyclic) bond motifs is 1. The third kappa shape index (κ3) is 3.46. The Hall–Kier alpha value is -3.09. The summed E-state index contributed by atoms with van der Waals surface area (Å²) in [5, 5.41) is 0.482. The second kappa shape index (κ2) is 7.43. The fraction of sp³-hybridized carbons (Fsp3) is 0.211. The van der Waals surface area contributed by atoms with Crippen LogP contribution in [0, 0.1) is 11.6 Å². The lowest BCUT2D eigenvalue weighted by molar-refractivity contribution is -0.118. The highest BCUT2D eigenvalue weighted by atomic mass is 19.2. The third-order valence-corrected chi connectivity index (χ3v) is 4.13. The zero-order valence-electron chi connectivity index (χ0n) is 14.2. The number of carbonyl (C=O) groups is 1. The lowest BCUT2D eigenvalue weighted by Gasteiger charge is -2.21. The number of hydrogen-bond acceptors (Lipinski definition) is 3. The summed E-state index contributed by atoms with van der Waals surface area (Å²) in [6.07, 6.45) is 1.44. The second-order valence-corrected chi connectivity index (χ2v) is 5.75. The van der Waals surface area contributed by atoms with Gasteiger partial charge in [0, 0.05) is 31.3 Å². The number of carbonyl (C=O) groups excluding carboxylic acids is 1. The maximum atomic E-state index is 13.4. The number of anilines is 1. The minimum absolute atomic E-state index is 0.0345. The Morgan fingerprint density at radius 1 is 1.15 bits per heavy atom. The minimum Gasteiger partial charge on any atom is -0.313 e. The fourth-order valence-corrected chi connectivity index (χ4v) is 2.77. The molecule has 0 bridgehead atoms. The van der Waals surface area contributed by atoms with Gasteiger partial charge in [-0.25, -0.2) is 13.8 Å². The first kappa shape index (κ1) is 17.7. The summed E-state index contributed by atoms with van der Waals surface area (Å²) < 4.78 is 27.9.